The van der Waals surface area contributed by atoms with Crippen molar-refractivity contribution in [2.75, 3.05) is 19.8 Å². The molecule has 0 amide bonds. The summed E-state index contributed by atoms with van der Waals surface area (Å²) in [5, 5.41) is 0. The van der Waals surface area contributed by atoms with Gasteiger partial charge < -0.3 is 9.47 Å². The molecule has 0 aromatic rings. The predicted octanol–water partition coefficient (Wildman–Crippen LogP) is 1.76. The second kappa shape index (κ2) is 5.33. The zero-order chi connectivity index (χ0) is 7.94. The zero-order valence-electron chi connectivity index (χ0n) is 6.92. The number of hydrogen-bond acceptors (Lipinski definition) is 2. The summed E-state index contributed by atoms with van der Waals surface area (Å²) in [5.41, 5.74) is 0. The summed E-state index contributed by atoms with van der Waals surface area (Å²) in [6.45, 7) is 5.97. The quantitative estimate of drug-likeness (QED) is 0.456. The minimum Gasteiger partial charge on any atom is -0.376 e. The Labute approximate surface area is 68.2 Å². The number of hydrogen-bond donors (Lipinski definition) is 0. The zero-order valence-corrected chi connectivity index (χ0v) is 6.92. The van der Waals surface area contributed by atoms with Gasteiger partial charge in [-0.15, -0.1) is 6.58 Å². The Morgan fingerprint density at radius 3 is 3.00 bits per heavy atom. The number of allylic oxidation sites excluding steroid dienone is 1. The van der Waals surface area contributed by atoms with E-state index in [9.17, 15) is 0 Å². The summed E-state index contributed by atoms with van der Waals surface area (Å²) < 4.78 is 10.7. The van der Waals surface area contributed by atoms with Crippen LogP contribution in [0.3, 0.4) is 0 Å². The van der Waals surface area contributed by atoms with Crippen molar-refractivity contribution in [1.82, 2.24) is 0 Å². The molecule has 0 N–H and O–H groups in total. The molecule has 1 atom stereocenters. The first kappa shape index (κ1) is 8.75. The van der Waals surface area contributed by atoms with Crippen LogP contribution in [0, 0.1) is 0 Å². The maximum Gasteiger partial charge on any atom is 0.0809 e. The second-order valence-electron chi connectivity index (χ2n) is 2.79. The van der Waals surface area contributed by atoms with Gasteiger partial charge in [0.2, 0.25) is 0 Å². The van der Waals surface area contributed by atoms with E-state index < -0.39 is 0 Å². The Bertz CT molecular complexity index is 106. The molecule has 11 heavy (non-hydrogen) atoms. The highest BCUT2D eigenvalue weighted by molar-refractivity contribution is 4.68. The van der Waals surface area contributed by atoms with Gasteiger partial charge in [0.05, 0.1) is 25.9 Å². The van der Waals surface area contributed by atoms with E-state index in [0.717, 1.165) is 39.1 Å². The maximum atomic E-state index is 5.47. The molecule has 1 aliphatic rings. The Hall–Kier alpha value is -0.340. The van der Waals surface area contributed by atoms with Crippen LogP contribution in [-0.2, 0) is 9.47 Å². The highest BCUT2D eigenvalue weighted by Gasteiger charge is 2.12. The van der Waals surface area contributed by atoms with Crippen molar-refractivity contribution in [2.24, 2.45) is 0 Å². The molecule has 2 nitrogen and oxygen atoms in total. The molecule has 1 rings (SSSR count). The molecule has 1 aliphatic heterocycles. The van der Waals surface area contributed by atoms with Crippen LogP contribution in [-0.4, -0.2) is 25.9 Å². The number of ether oxygens (including phenoxy) is 2. The van der Waals surface area contributed by atoms with E-state index in [1.807, 2.05) is 6.08 Å². The van der Waals surface area contributed by atoms with Gasteiger partial charge in [0.1, 0.15) is 0 Å². The van der Waals surface area contributed by atoms with Crippen molar-refractivity contribution in [2.45, 2.75) is 25.4 Å². The second-order valence-corrected chi connectivity index (χ2v) is 2.79. The summed E-state index contributed by atoms with van der Waals surface area (Å²) in [5.74, 6) is 0. The highest BCUT2D eigenvalue weighted by Crippen LogP contribution is 2.08. The van der Waals surface area contributed by atoms with E-state index >= 15 is 0 Å². The van der Waals surface area contributed by atoms with Gasteiger partial charge in [0, 0.05) is 0 Å². The summed E-state index contributed by atoms with van der Waals surface area (Å²) in [6, 6.07) is 0. The summed E-state index contributed by atoms with van der Waals surface area (Å²) in [7, 11) is 0. The highest BCUT2D eigenvalue weighted by atomic mass is 16.6. The van der Waals surface area contributed by atoms with Crippen LogP contribution in [0.25, 0.3) is 0 Å². The molecule has 0 aliphatic carbocycles. The normalized spacial score (nSPS) is 24.9. The molecule has 1 fully saturated rings. The fourth-order valence-electron chi connectivity index (χ4n) is 1.19. The first-order valence-corrected chi connectivity index (χ1v) is 4.23. The molecule has 0 radical (unpaired) electrons. The van der Waals surface area contributed by atoms with Crippen LogP contribution < -0.4 is 0 Å². The molecule has 0 bridgehead atoms. The van der Waals surface area contributed by atoms with Gasteiger partial charge in [-0.2, -0.15) is 0 Å². The fraction of sp³-hybridized carbons (Fsp3) is 0.778. The van der Waals surface area contributed by atoms with Crippen molar-refractivity contribution in [3.8, 4) is 0 Å². The molecule has 2 heteroatoms. The van der Waals surface area contributed by atoms with Crippen LogP contribution >= 0.6 is 0 Å². The maximum absolute atomic E-state index is 5.47. The lowest BCUT2D eigenvalue weighted by molar-refractivity contribution is -0.0909. The summed E-state index contributed by atoms with van der Waals surface area (Å²) >= 11 is 0. The van der Waals surface area contributed by atoms with Gasteiger partial charge in [-0.3, -0.25) is 0 Å². The third-order valence-electron chi connectivity index (χ3n) is 1.82. The monoisotopic (exact) mass is 156 g/mol. The molecule has 64 valence electrons. The number of rotatable bonds is 4. The molecular weight excluding hydrogens is 140 g/mol. The van der Waals surface area contributed by atoms with Crippen LogP contribution in [0.1, 0.15) is 19.3 Å². The van der Waals surface area contributed by atoms with Gasteiger partial charge in [-0.25, -0.2) is 0 Å². The first-order chi connectivity index (χ1) is 5.43. The van der Waals surface area contributed by atoms with E-state index in [1.54, 1.807) is 0 Å². The predicted molar refractivity (Wildman–Crippen MR) is 44.6 cm³/mol. The van der Waals surface area contributed by atoms with E-state index in [0.29, 0.717) is 6.10 Å². The average molecular weight is 156 g/mol. The molecule has 1 saturated heterocycles. The van der Waals surface area contributed by atoms with Crippen molar-refractivity contribution in [3.63, 3.8) is 0 Å². The topological polar surface area (TPSA) is 18.5 Å². The van der Waals surface area contributed by atoms with E-state index in [1.165, 1.54) is 0 Å². The van der Waals surface area contributed by atoms with Crippen molar-refractivity contribution in [1.29, 1.82) is 0 Å². The SMILES string of the molecule is C=CCCCC1COCCO1. The standard InChI is InChI=1S/C9H16O2/c1-2-3-4-5-9-8-10-6-7-11-9/h2,9H,1,3-8H2. The molecule has 1 heterocycles. The van der Waals surface area contributed by atoms with Crippen LogP contribution in [0.2, 0.25) is 0 Å². The lowest BCUT2D eigenvalue weighted by Crippen LogP contribution is -2.28. The number of unbranched alkanes of at least 4 members (excludes halogenated alkanes) is 1. The van der Waals surface area contributed by atoms with Gasteiger partial charge in [0.15, 0.2) is 0 Å². The minimum absolute atomic E-state index is 0.337. The Balaban J connectivity index is 2.00. The van der Waals surface area contributed by atoms with Crippen LogP contribution in [0.15, 0.2) is 12.7 Å². The van der Waals surface area contributed by atoms with Crippen molar-refractivity contribution in [3.05, 3.63) is 12.7 Å². The van der Waals surface area contributed by atoms with Crippen LogP contribution in [0.5, 0.6) is 0 Å². The Morgan fingerprint density at radius 1 is 1.45 bits per heavy atom. The van der Waals surface area contributed by atoms with E-state index in [-0.39, 0.29) is 0 Å². The largest absolute Gasteiger partial charge is 0.376 e. The lowest BCUT2D eigenvalue weighted by Gasteiger charge is -2.22. The van der Waals surface area contributed by atoms with Gasteiger partial charge in [-0.1, -0.05) is 6.08 Å². The van der Waals surface area contributed by atoms with Gasteiger partial charge in [0.25, 0.3) is 0 Å². The molecule has 0 aromatic heterocycles. The lowest BCUT2D eigenvalue weighted by atomic mass is 10.1. The summed E-state index contributed by atoms with van der Waals surface area (Å²) in [4.78, 5) is 0. The molecular formula is C9H16O2. The molecule has 0 aromatic carbocycles. The summed E-state index contributed by atoms with van der Waals surface area (Å²) in [6.07, 6.45) is 5.64. The average Bonchev–Trinajstić information content (AvgIpc) is 2.07. The van der Waals surface area contributed by atoms with Gasteiger partial charge >= 0.3 is 0 Å². The fourth-order valence-corrected chi connectivity index (χ4v) is 1.19. The third kappa shape index (κ3) is 3.54. The minimum atomic E-state index is 0.337. The smallest absolute Gasteiger partial charge is 0.0809 e. The Morgan fingerprint density at radius 2 is 2.36 bits per heavy atom. The first-order valence-electron chi connectivity index (χ1n) is 4.23. The molecule has 0 spiro atoms. The Kier molecular flexibility index (Phi) is 4.24. The molecule has 0 saturated carbocycles. The van der Waals surface area contributed by atoms with Crippen LogP contribution in [0.4, 0.5) is 0 Å². The van der Waals surface area contributed by atoms with E-state index in [4.69, 9.17) is 9.47 Å². The third-order valence-corrected chi connectivity index (χ3v) is 1.82. The van der Waals surface area contributed by atoms with Gasteiger partial charge in [-0.05, 0) is 19.3 Å². The molecule has 1 unspecified atom stereocenters. The van der Waals surface area contributed by atoms with Crippen molar-refractivity contribution >= 4 is 0 Å². The van der Waals surface area contributed by atoms with Crippen molar-refractivity contribution < 1.29 is 9.47 Å². The van der Waals surface area contributed by atoms with E-state index in [2.05, 4.69) is 6.58 Å².